The van der Waals surface area contributed by atoms with Crippen molar-refractivity contribution in [2.75, 3.05) is 19.6 Å². The van der Waals surface area contributed by atoms with Gasteiger partial charge in [0.05, 0.1) is 5.56 Å². The maximum atomic E-state index is 12.9. The molecule has 5 nitrogen and oxygen atoms in total. The van der Waals surface area contributed by atoms with Crippen molar-refractivity contribution < 1.29 is 8.42 Å². The van der Waals surface area contributed by atoms with Gasteiger partial charge in [0.1, 0.15) is 11.0 Å². The van der Waals surface area contributed by atoms with Crippen molar-refractivity contribution in [1.29, 1.82) is 5.26 Å². The number of nitriles is 1. The van der Waals surface area contributed by atoms with Crippen molar-refractivity contribution in [1.82, 2.24) is 9.62 Å². The maximum Gasteiger partial charge on any atom is 0.244 e. The monoisotopic (exact) mass is 327 g/mol. The van der Waals surface area contributed by atoms with E-state index in [4.69, 9.17) is 16.9 Å². The number of nitrogens with zero attached hydrogens (tertiary/aromatic N) is 2. The summed E-state index contributed by atoms with van der Waals surface area (Å²) in [5, 5.41) is 12.7. The van der Waals surface area contributed by atoms with Crippen LogP contribution in [-0.2, 0) is 10.0 Å². The lowest BCUT2D eigenvalue weighted by Crippen LogP contribution is -2.42. The fourth-order valence-corrected chi connectivity index (χ4v) is 4.69. The van der Waals surface area contributed by atoms with E-state index in [1.165, 1.54) is 22.5 Å². The second-order valence-electron chi connectivity index (χ2n) is 5.01. The number of rotatable bonds is 5. The lowest BCUT2D eigenvalue weighted by molar-refractivity contribution is 0.335. The normalized spacial score (nSPS) is 18.9. The van der Waals surface area contributed by atoms with E-state index in [0.717, 1.165) is 19.4 Å². The average molecular weight is 328 g/mol. The van der Waals surface area contributed by atoms with E-state index < -0.39 is 10.0 Å². The lowest BCUT2D eigenvalue weighted by atomic mass is 10.2. The third-order valence-corrected chi connectivity index (χ3v) is 5.76. The molecule has 114 valence electrons. The van der Waals surface area contributed by atoms with Crippen LogP contribution in [0.4, 0.5) is 0 Å². The summed E-state index contributed by atoms with van der Waals surface area (Å²) in [4.78, 5) is -0.00199. The first-order chi connectivity index (χ1) is 10.0. The predicted molar refractivity (Wildman–Crippen MR) is 81.6 cm³/mol. The average Bonchev–Trinajstić information content (AvgIpc) is 2.98. The third-order valence-electron chi connectivity index (χ3n) is 3.54. The van der Waals surface area contributed by atoms with Crippen LogP contribution in [0.2, 0.25) is 5.02 Å². The van der Waals surface area contributed by atoms with Gasteiger partial charge < -0.3 is 5.32 Å². The minimum absolute atomic E-state index is 0.00199. The van der Waals surface area contributed by atoms with Gasteiger partial charge in [0.25, 0.3) is 0 Å². The molecule has 7 heteroatoms. The summed E-state index contributed by atoms with van der Waals surface area (Å²) in [6, 6.07) is 6.21. The highest BCUT2D eigenvalue weighted by atomic mass is 35.5. The van der Waals surface area contributed by atoms with Crippen LogP contribution in [0.1, 0.15) is 25.3 Å². The van der Waals surface area contributed by atoms with Gasteiger partial charge in [0, 0.05) is 24.2 Å². The summed E-state index contributed by atoms with van der Waals surface area (Å²) in [5.74, 6) is 0. The number of hydrogen-bond donors (Lipinski definition) is 1. The number of sulfonamides is 1. The van der Waals surface area contributed by atoms with Gasteiger partial charge in [-0.25, -0.2) is 8.42 Å². The number of nitrogens with one attached hydrogen (secondary N) is 1. The fraction of sp³-hybridized carbons (Fsp3) is 0.500. The first kappa shape index (κ1) is 16.2. The molecule has 1 heterocycles. The van der Waals surface area contributed by atoms with Crippen molar-refractivity contribution in [3.05, 3.63) is 28.8 Å². The molecule has 0 aromatic heterocycles. The molecule has 1 aliphatic rings. The quantitative estimate of drug-likeness (QED) is 0.897. The van der Waals surface area contributed by atoms with E-state index in [0.29, 0.717) is 18.1 Å². The van der Waals surface area contributed by atoms with Crippen molar-refractivity contribution in [3.63, 3.8) is 0 Å². The molecule has 0 bridgehead atoms. The van der Waals surface area contributed by atoms with Crippen LogP contribution in [0.15, 0.2) is 23.1 Å². The topological polar surface area (TPSA) is 73.2 Å². The van der Waals surface area contributed by atoms with Crippen LogP contribution in [0, 0.1) is 11.3 Å². The van der Waals surface area contributed by atoms with Crippen molar-refractivity contribution in [2.24, 2.45) is 0 Å². The first-order valence-electron chi connectivity index (χ1n) is 6.93. The molecule has 1 aromatic carbocycles. The van der Waals surface area contributed by atoms with Gasteiger partial charge in [-0.1, -0.05) is 18.5 Å². The van der Waals surface area contributed by atoms with Crippen molar-refractivity contribution in [2.45, 2.75) is 30.7 Å². The van der Waals surface area contributed by atoms with Gasteiger partial charge in [-0.3, -0.25) is 0 Å². The highest BCUT2D eigenvalue weighted by Crippen LogP contribution is 2.26. The van der Waals surface area contributed by atoms with E-state index in [1.807, 2.05) is 13.0 Å². The molecule has 1 N–H and O–H groups in total. The summed E-state index contributed by atoms with van der Waals surface area (Å²) < 4.78 is 27.4. The summed E-state index contributed by atoms with van der Waals surface area (Å²) in [7, 11) is -3.73. The summed E-state index contributed by atoms with van der Waals surface area (Å²) in [5.41, 5.74) is 0.131. The zero-order valence-corrected chi connectivity index (χ0v) is 13.4. The molecule has 1 fully saturated rings. The van der Waals surface area contributed by atoms with E-state index in [9.17, 15) is 8.42 Å². The minimum atomic E-state index is -3.73. The molecule has 1 aromatic rings. The Morgan fingerprint density at radius 3 is 2.86 bits per heavy atom. The molecule has 2 rings (SSSR count). The zero-order chi connectivity index (χ0) is 15.5. The van der Waals surface area contributed by atoms with Crippen LogP contribution < -0.4 is 5.32 Å². The molecular weight excluding hydrogens is 310 g/mol. The van der Waals surface area contributed by atoms with Gasteiger partial charge >= 0.3 is 0 Å². The molecule has 0 radical (unpaired) electrons. The molecule has 1 aliphatic heterocycles. The lowest BCUT2D eigenvalue weighted by Gasteiger charge is -2.27. The highest BCUT2D eigenvalue weighted by Gasteiger charge is 2.34. The van der Waals surface area contributed by atoms with E-state index in [-0.39, 0.29) is 16.5 Å². The van der Waals surface area contributed by atoms with Crippen molar-refractivity contribution in [3.8, 4) is 6.07 Å². The summed E-state index contributed by atoms with van der Waals surface area (Å²) in [6.07, 6.45) is 1.50. The Kier molecular flexibility index (Phi) is 5.22. The molecule has 1 unspecified atom stereocenters. The molecule has 0 spiro atoms. The van der Waals surface area contributed by atoms with E-state index >= 15 is 0 Å². The molecule has 1 atom stereocenters. The van der Waals surface area contributed by atoms with E-state index in [1.54, 1.807) is 0 Å². The Labute approximate surface area is 130 Å². The Bertz CT molecular complexity index is 649. The smallest absolute Gasteiger partial charge is 0.244 e. The van der Waals surface area contributed by atoms with Gasteiger partial charge in [0.15, 0.2) is 0 Å². The zero-order valence-electron chi connectivity index (χ0n) is 11.8. The van der Waals surface area contributed by atoms with Gasteiger partial charge in [-0.05, 0) is 37.6 Å². The first-order valence-corrected chi connectivity index (χ1v) is 8.74. The van der Waals surface area contributed by atoms with Crippen LogP contribution >= 0.6 is 11.6 Å². The third kappa shape index (κ3) is 3.38. The van der Waals surface area contributed by atoms with Gasteiger partial charge in [0.2, 0.25) is 10.0 Å². The van der Waals surface area contributed by atoms with E-state index in [2.05, 4.69) is 5.32 Å². The Balaban J connectivity index is 2.47. The SMILES string of the molecule is CCCN(C1CCNC1)S(=O)(=O)c1cc(Cl)ccc1C#N. The van der Waals surface area contributed by atoms with Gasteiger partial charge in [-0.2, -0.15) is 9.57 Å². The van der Waals surface area contributed by atoms with Crippen LogP contribution in [0.3, 0.4) is 0 Å². The molecule has 1 saturated heterocycles. The second kappa shape index (κ2) is 6.75. The Morgan fingerprint density at radius 2 is 2.29 bits per heavy atom. The predicted octanol–water partition coefficient (Wildman–Crippen LogP) is 1.97. The molecular formula is C14H18ClN3O2S. The number of hydrogen-bond acceptors (Lipinski definition) is 4. The maximum absolute atomic E-state index is 12.9. The molecule has 0 amide bonds. The summed E-state index contributed by atoms with van der Waals surface area (Å²) in [6.45, 7) is 3.82. The Hall–Kier alpha value is -1.13. The molecule has 21 heavy (non-hydrogen) atoms. The minimum Gasteiger partial charge on any atom is -0.315 e. The Morgan fingerprint density at radius 1 is 1.52 bits per heavy atom. The van der Waals surface area contributed by atoms with Crippen molar-refractivity contribution >= 4 is 21.6 Å². The fourth-order valence-electron chi connectivity index (χ4n) is 2.53. The summed E-state index contributed by atoms with van der Waals surface area (Å²) >= 11 is 5.92. The highest BCUT2D eigenvalue weighted by molar-refractivity contribution is 7.89. The number of halogens is 1. The van der Waals surface area contributed by atoms with Crippen LogP contribution in [-0.4, -0.2) is 38.4 Å². The van der Waals surface area contributed by atoms with Crippen LogP contribution in [0.25, 0.3) is 0 Å². The largest absolute Gasteiger partial charge is 0.315 e. The number of benzene rings is 1. The van der Waals surface area contributed by atoms with Crippen LogP contribution in [0.5, 0.6) is 0 Å². The second-order valence-corrected chi connectivity index (χ2v) is 7.31. The molecule has 0 aliphatic carbocycles. The van der Waals surface area contributed by atoms with Gasteiger partial charge in [-0.15, -0.1) is 0 Å². The standard InChI is InChI=1S/C14H18ClN3O2S/c1-2-7-18(13-5-6-17-10-13)21(19,20)14-8-12(15)4-3-11(14)9-16/h3-4,8,13,17H,2,5-7,10H2,1H3. The molecule has 0 saturated carbocycles.